The Morgan fingerprint density at radius 1 is 1.14 bits per heavy atom. The second-order valence-corrected chi connectivity index (χ2v) is 9.18. The molecule has 7 nitrogen and oxygen atoms in total. The summed E-state index contributed by atoms with van der Waals surface area (Å²) >= 11 is 1.32. The molecule has 3 aromatic rings. The molecule has 152 valence electrons. The standard InChI is InChI=1S/C20H21N3O4S2/c1-22(14-15-7-5-4-6-8-15)29(25,26)18-13-16(9-10-17(18)27-3)19(24)23(2)20-21-11-12-28-20/h4-13H,14H2,1-3H3. The molecule has 1 aromatic heterocycles. The molecule has 0 aliphatic carbocycles. The van der Waals surface area contributed by atoms with Crippen molar-refractivity contribution in [2.45, 2.75) is 11.4 Å². The maximum absolute atomic E-state index is 13.2. The van der Waals surface area contributed by atoms with Crippen molar-refractivity contribution in [1.82, 2.24) is 9.29 Å². The Morgan fingerprint density at radius 2 is 1.86 bits per heavy atom. The number of anilines is 1. The Morgan fingerprint density at radius 3 is 2.48 bits per heavy atom. The summed E-state index contributed by atoms with van der Waals surface area (Å²) in [5.41, 5.74) is 1.09. The third kappa shape index (κ3) is 4.47. The third-order valence-corrected chi connectivity index (χ3v) is 7.03. The van der Waals surface area contributed by atoms with Crippen LogP contribution in [0.15, 0.2) is 65.0 Å². The van der Waals surface area contributed by atoms with Crippen molar-refractivity contribution < 1.29 is 17.9 Å². The molecule has 0 spiro atoms. The summed E-state index contributed by atoms with van der Waals surface area (Å²) in [5, 5.41) is 2.29. The van der Waals surface area contributed by atoms with Gasteiger partial charge < -0.3 is 4.74 Å². The number of methoxy groups -OCH3 is 1. The molecule has 0 unspecified atom stereocenters. The maximum Gasteiger partial charge on any atom is 0.259 e. The average molecular weight is 432 g/mol. The molecule has 0 saturated heterocycles. The minimum absolute atomic E-state index is 0.0585. The first kappa shape index (κ1) is 21.0. The van der Waals surface area contributed by atoms with Crippen LogP contribution in [0, 0.1) is 0 Å². The summed E-state index contributed by atoms with van der Waals surface area (Å²) in [6.07, 6.45) is 1.60. The van der Waals surface area contributed by atoms with Gasteiger partial charge in [0.15, 0.2) is 5.13 Å². The SMILES string of the molecule is COc1ccc(C(=O)N(C)c2nccs2)cc1S(=O)(=O)N(C)Cc1ccccc1. The van der Waals surface area contributed by atoms with Crippen molar-refractivity contribution in [3.8, 4) is 5.75 Å². The van der Waals surface area contributed by atoms with Crippen molar-refractivity contribution in [2.75, 3.05) is 26.1 Å². The van der Waals surface area contributed by atoms with Crippen LogP contribution in [-0.4, -0.2) is 44.8 Å². The number of ether oxygens (including phenoxy) is 1. The molecule has 0 saturated carbocycles. The zero-order chi connectivity index (χ0) is 21.0. The first-order valence-corrected chi connectivity index (χ1v) is 11.0. The van der Waals surface area contributed by atoms with Crippen LogP contribution in [0.5, 0.6) is 5.75 Å². The molecule has 0 aliphatic heterocycles. The van der Waals surface area contributed by atoms with Gasteiger partial charge in [-0.2, -0.15) is 4.31 Å². The molecule has 29 heavy (non-hydrogen) atoms. The lowest BCUT2D eigenvalue weighted by atomic mass is 10.2. The zero-order valence-corrected chi connectivity index (χ0v) is 17.9. The van der Waals surface area contributed by atoms with Crippen molar-refractivity contribution in [2.24, 2.45) is 0 Å². The van der Waals surface area contributed by atoms with Gasteiger partial charge in [-0.15, -0.1) is 11.3 Å². The molecule has 1 heterocycles. The van der Waals surface area contributed by atoms with Gasteiger partial charge in [0, 0.05) is 37.8 Å². The van der Waals surface area contributed by atoms with Gasteiger partial charge in [-0.05, 0) is 23.8 Å². The Hall–Kier alpha value is -2.75. The van der Waals surface area contributed by atoms with Crippen molar-refractivity contribution in [1.29, 1.82) is 0 Å². The predicted octanol–water partition coefficient (Wildman–Crippen LogP) is 3.25. The number of hydrogen-bond acceptors (Lipinski definition) is 6. The second-order valence-electron chi connectivity index (χ2n) is 6.29. The molecular formula is C20H21N3O4S2. The highest BCUT2D eigenvalue weighted by Crippen LogP contribution is 2.29. The van der Waals surface area contributed by atoms with Crippen molar-refractivity contribution in [3.63, 3.8) is 0 Å². The van der Waals surface area contributed by atoms with Gasteiger partial charge >= 0.3 is 0 Å². The number of thiazole rings is 1. The van der Waals surface area contributed by atoms with Crippen LogP contribution in [0.1, 0.15) is 15.9 Å². The fraction of sp³-hybridized carbons (Fsp3) is 0.200. The van der Waals surface area contributed by atoms with Gasteiger partial charge in [0.05, 0.1) is 7.11 Å². The molecule has 2 aromatic carbocycles. The molecule has 0 bridgehead atoms. The third-order valence-electron chi connectivity index (χ3n) is 4.36. The number of carbonyl (C=O) groups excluding carboxylic acids is 1. The highest BCUT2D eigenvalue weighted by Gasteiger charge is 2.27. The van der Waals surface area contributed by atoms with Crippen LogP contribution < -0.4 is 9.64 Å². The summed E-state index contributed by atoms with van der Waals surface area (Å²) in [4.78, 5) is 18.3. The van der Waals surface area contributed by atoms with Crippen LogP contribution in [0.2, 0.25) is 0 Å². The van der Waals surface area contributed by atoms with Gasteiger partial charge in [0.25, 0.3) is 5.91 Å². The zero-order valence-electron chi connectivity index (χ0n) is 16.3. The van der Waals surface area contributed by atoms with E-state index < -0.39 is 10.0 Å². The highest BCUT2D eigenvalue weighted by molar-refractivity contribution is 7.89. The lowest BCUT2D eigenvalue weighted by Crippen LogP contribution is -2.28. The van der Waals surface area contributed by atoms with Crippen molar-refractivity contribution >= 4 is 32.4 Å². The number of aromatic nitrogens is 1. The summed E-state index contributed by atoms with van der Waals surface area (Å²) in [6.45, 7) is 0.198. The molecule has 0 fully saturated rings. The van der Waals surface area contributed by atoms with Crippen LogP contribution in [-0.2, 0) is 16.6 Å². The summed E-state index contributed by atoms with van der Waals surface area (Å²) in [6, 6.07) is 13.7. The van der Waals surface area contributed by atoms with E-state index in [1.54, 1.807) is 24.7 Å². The van der Waals surface area contributed by atoms with Crippen molar-refractivity contribution in [3.05, 3.63) is 71.2 Å². The largest absolute Gasteiger partial charge is 0.495 e. The molecule has 0 N–H and O–H groups in total. The summed E-state index contributed by atoms with van der Waals surface area (Å²) in [5.74, 6) is -0.178. The van der Waals surface area contributed by atoms with E-state index in [0.29, 0.717) is 5.13 Å². The lowest BCUT2D eigenvalue weighted by molar-refractivity contribution is 0.0992. The van der Waals surface area contributed by atoms with Gasteiger partial charge in [-0.1, -0.05) is 30.3 Å². The monoisotopic (exact) mass is 431 g/mol. The van der Waals surface area contributed by atoms with Crippen LogP contribution >= 0.6 is 11.3 Å². The Labute approximate surface area is 174 Å². The number of sulfonamides is 1. The summed E-state index contributed by atoms with van der Waals surface area (Å²) in [7, 11) is 0.603. The quantitative estimate of drug-likeness (QED) is 0.574. The van der Waals surface area contributed by atoms with E-state index in [1.807, 2.05) is 30.3 Å². The number of nitrogens with zero attached hydrogens (tertiary/aromatic N) is 3. The minimum Gasteiger partial charge on any atom is -0.495 e. The number of rotatable bonds is 7. The minimum atomic E-state index is -3.89. The topological polar surface area (TPSA) is 79.8 Å². The van der Waals surface area contributed by atoms with Gasteiger partial charge in [-0.3, -0.25) is 9.69 Å². The molecule has 1 amide bonds. The van der Waals surface area contributed by atoms with E-state index in [0.717, 1.165) is 5.56 Å². The van der Waals surface area contributed by atoms with E-state index in [2.05, 4.69) is 4.98 Å². The number of carbonyl (C=O) groups is 1. The normalized spacial score (nSPS) is 11.4. The Kier molecular flexibility index (Phi) is 6.31. The Balaban J connectivity index is 1.95. The molecule has 0 radical (unpaired) electrons. The smallest absolute Gasteiger partial charge is 0.259 e. The highest BCUT2D eigenvalue weighted by atomic mass is 32.2. The maximum atomic E-state index is 13.2. The fourth-order valence-electron chi connectivity index (χ4n) is 2.77. The Bertz CT molecular complexity index is 1080. The van der Waals surface area contributed by atoms with Gasteiger partial charge in [0.1, 0.15) is 10.6 Å². The second kappa shape index (κ2) is 8.73. The predicted molar refractivity (Wildman–Crippen MR) is 113 cm³/mol. The first-order chi connectivity index (χ1) is 13.8. The molecule has 3 rings (SSSR count). The first-order valence-electron chi connectivity index (χ1n) is 8.70. The fourth-order valence-corrected chi connectivity index (χ4v) is 4.71. The van der Waals surface area contributed by atoms with Gasteiger partial charge in [0.2, 0.25) is 10.0 Å². The number of hydrogen-bond donors (Lipinski definition) is 0. The van der Waals surface area contributed by atoms with E-state index in [4.69, 9.17) is 4.74 Å². The van der Waals surface area contributed by atoms with E-state index in [1.165, 1.54) is 46.8 Å². The molecule has 0 atom stereocenters. The van der Waals surface area contributed by atoms with E-state index in [9.17, 15) is 13.2 Å². The van der Waals surface area contributed by atoms with Crippen LogP contribution in [0.25, 0.3) is 0 Å². The molecule has 0 aliphatic rings. The van der Waals surface area contributed by atoms with E-state index >= 15 is 0 Å². The number of amides is 1. The molecule has 9 heteroatoms. The lowest BCUT2D eigenvalue weighted by Gasteiger charge is -2.20. The van der Waals surface area contributed by atoms with Crippen LogP contribution in [0.3, 0.4) is 0 Å². The van der Waals surface area contributed by atoms with Crippen LogP contribution in [0.4, 0.5) is 5.13 Å². The van der Waals surface area contributed by atoms with E-state index in [-0.39, 0.29) is 28.7 Å². The van der Waals surface area contributed by atoms with Gasteiger partial charge in [-0.25, -0.2) is 13.4 Å². The summed E-state index contributed by atoms with van der Waals surface area (Å²) < 4.78 is 32.9. The average Bonchev–Trinajstić information content (AvgIpc) is 3.27. The molecular weight excluding hydrogens is 410 g/mol. The number of benzene rings is 2.